The van der Waals surface area contributed by atoms with Crippen LogP contribution in [0.1, 0.15) is 26.2 Å². The summed E-state index contributed by atoms with van der Waals surface area (Å²) in [6, 6.07) is 0. The van der Waals surface area contributed by atoms with Gasteiger partial charge in [-0.15, -0.1) is 6.42 Å². The van der Waals surface area contributed by atoms with Crippen molar-refractivity contribution >= 4 is 10.4 Å². The summed E-state index contributed by atoms with van der Waals surface area (Å²) in [5.74, 6) is 2.09. The van der Waals surface area contributed by atoms with Gasteiger partial charge in [0.05, 0.1) is 0 Å². The van der Waals surface area contributed by atoms with Crippen LogP contribution in [-0.4, -0.2) is 19.1 Å². The molecule has 0 aromatic rings. The molecular formula is C7H11NaO4S. The van der Waals surface area contributed by atoms with Crippen molar-refractivity contribution in [1.29, 1.82) is 0 Å². The molecule has 0 rings (SSSR count). The molecule has 0 saturated heterocycles. The van der Waals surface area contributed by atoms with Gasteiger partial charge in [0, 0.05) is 0 Å². The molecule has 0 aliphatic heterocycles. The standard InChI is InChI=1S/C7H12O4S.Na/c1-3-5-6-7(4-2)11-12(8,9)10;/h2,7H,3,5-6H2,1H3,(H,8,9,10);/q;+1/p-1/t7-;/m0./s1. The SMILES string of the molecule is C#C[C@@H](CCCC)OS(=O)(=O)[O-].[Na+]. The molecular weight excluding hydrogens is 203 g/mol. The van der Waals surface area contributed by atoms with Gasteiger partial charge < -0.3 is 4.55 Å². The van der Waals surface area contributed by atoms with E-state index < -0.39 is 16.5 Å². The van der Waals surface area contributed by atoms with Crippen LogP contribution < -0.4 is 29.6 Å². The molecule has 1 atom stereocenters. The molecule has 0 heterocycles. The van der Waals surface area contributed by atoms with E-state index >= 15 is 0 Å². The van der Waals surface area contributed by atoms with Gasteiger partial charge in [0.2, 0.25) is 10.4 Å². The number of hydrogen-bond acceptors (Lipinski definition) is 4. The molecule has 0 aliphatic carbocycles. The molecule has 0 spiro atoms. The second kappa shape index (κ2) is 7.80. The maximum atomic E-state index is 10.1. The third kappa shape index (κ3) is 10.4. The summed E-state index contributed by atoms with van der Waals surface area (Å²) in [5.41, 5.74) is 0. The zero-order valence-corrected chi connectivity index (χ0v) is 10.6. The molecule has 0 amide bonds. The van der Waals surface area contributed by atoms with Gasteiger partial charge in [0.1, 0.15) is 6.10 Å². The van der Waals surface area contributed by atoms with Crippen molar-refractivity contribution < 1.29 is 46.7 Å². The minimum absolute atomic E-state index is 0. The summed E-state index contributed by atoms with van der Waals surface area (Å²) >= 11 is 0. The first-order chi connectivity index (χ1) is 5.49. The van der Waals surface area contributed by atoms with Crippen LogP contribution in [0.3, 0.4) is 0 Å². The van der Waals surface area contributed by atoms with Crippen LogP contribution in [0.4, 0.5) is 0 Å². The molecule has 0 aliphatic rings. The largest absolute Gasteiger partial charge is 1.00 e. The number of unbranched alkanes of at least 4 members (excludes halogenated alkanes) is 1. The predicted molar refractivity (Wildman–Crippen MR) is 42.9 cm³/mol. The Bertz CT molecular complexity index is 254. The van der Waals surface area contributed by atoms with E-state index in [1.165, 1.54) is 0 Å². The monoisotopic (exact) mass is 214 g/mol. The minimum atomic E-state index is -4.66. The first-order valence-corrected chi connectivity index (χ1v) is 4.93. The van der Waals surface area contributed by atoms with E-state index in [1.807, 2.05) is 6.92 Å². The fraction of sp³-hybridized carbons (Fsp3) is 0.714. The zero-order chi connectivity index (χ0) is 9.61. The van der Waals surface area contributed by atoms with E-state index in [9.17, 15) is 13.0 Å². The Morgan fingerprint density at radius 1 is 1.62 bits per heavy atom. The van der Waals surface area contributed by atoms with Gasteiger partial charge in [-0.05, 0) is 6.42 Å². The third-order valence-corrected chi connectivity index (χ3v) is 1.71. The molecule has 6 heteroatoms. The molecule has 13 heavy (non-hydrogen) atoms. The quantitative estimate of drug-likeness (QED) is 0.223. The van der Waals surface area contributed by atoms with E-state index in [4.69, 9.17) is 6.42 Å². The maximum absolute atomic E-state index is 10.1. The summed E-state index contributed by atoms with van der Waals surface area (Å²) in [7, 11) is -4.66. The molecule has 0 unspecified atom stereocenters. The van der Waals surface area contributed by atoms with Crippen molar-refractivity contribution in [1.82, 2.24) is 0 Å². The molecule has 0 fully saturated rings. The van der Waals surface area contributed by atoms with E-state index in [0.29, 0.717) is 6.42 Å². The molecule has 0 bridgehead atoms. The van der Waals surface area contributed by atoms with Crippen LogP contribution in [0.25, 0.3) is 0 Å². The fourth-order valence-corrected chi connectivity index (χ4v) is 1.13. The normalized spacial score (nSPS) is 12.7. The van der Waals surface area contributed by atoms with Crippen LogP contribution in [0.2, 0.25) is 0 Å². The first kappa shape index (κ1) is 15.9. The van der Waals surface area contributed by atoms with Crippen molar-refractivity contribution in [3.05, 3.63) is 0 Å². The van der Waals surface area contributed by atoms with Gasteiger partial charge >= 0.3 is 29.6 Å². The van der Waals surface area contributed by atoms with Crippen molar-refractivity contribution in [3.8, 4) is 12.3 Å². The molecule has 0 N–H and O–H groups in total. The van der Waals surface area contributed by atoms with Gasteiger partial charge in [-0.2, -0.15) is 0 Å². The average molecular weight is 214 g/mol. The molecule has 0 saturated carbocycles. The number of terminal acetylenes is 1. The maximum Gasteiger partial charge on any atom is 1.00 e. The summed E-state index contributed by atoms with van der Waals surface area (Å²) in [6.45, 7) is 1.93. The second-order valence-electron chi connectivity index (χ2n) is 2.30. The zero-order valence-electron chi connectivity index (χ0n) is 7.82. The molecule has 4 nitrogen and oxygen atoms in total. The third-order valence-electron chi connectivity index (χ3n) is 1.24. The van der Waals surface area contributed by atoms with E-state index in [1.54, 1.807) is 0 Å². The fourth-order valence-electron chi connectivity index (χ4n) is 0.691. The van der Waals surface area contributed by atoms with Gasteiger partial charge in [0.15, 0.2) is 0 Å². The predicted octanol–water partition coefficient (Wildman–Crippen LogP) is -2.34. The Hall–Kier alpha value is 0.430. The molecule has 0 aromatic carbocycles. The topological polar surface area (TPSA) is 66.4 Å². The van der Waals surface area contributed by atoms with Crippen LogP contribution in [0.5, 0.6) is 0 Å². The summed E-state index contributed by atoms with van der Waals surface area (Å²) in [5, 5.41) is 0. The van der Waals surface area contributed by atoms with Crippen LogP contribution in [-0.2, 0) is 14.6 Å². The van der Waals surface area contributed by atoms with Crippen molar-refractivity contribution in [2.75, 3.05) is 0 Å². The second-order valence-corrected chi connectivity index (χ2v) is 3.31. The molecule has 0 radical (unpaired) electrons. The minimum Gasteiger partial charge on any atom is -0.725 e. The Morgan fingerprint density at radius 3 is 2.46 bits per heavy atom. The Kier molecular flexibility index (Phi) is 9.53. The summed E-state index contributed by atoms with van der Waals surface area (Å²) < 4.78 is 34.3. The average Bonchev–Trinajstić information content (AvgIpc) is 1.95. The van der Waals surface area contributed by atoms with Gasteiger partial charge in [-0.25, -0.2) is 8.42 Å². The van der Waals surface area contributed by atoms with Crippen LogP contribution in [0.15, 0.2) is 0 Å². The van der Waals surface area contributed by atoms with E-state index in [-0.39, 0.29) is 29.6 Å². The number of rotatable bonds is 5. The van der Waals surface area contributed by atoms with Crippen molar-refractivity contribution in [2.45, 2.75) is 32.3 Å². The van der Waals surface area contributed by atoms with E-state index in [2.05, 4.69) is 10.1 Å². The van der Waals surface area contributed by atoms with Gasteiger partial charge in [-0.3, -0.25) is 4.18 Å². The molecule has 70 valence electrons. The Balaban J connectivity index is 0. The van der Waals surface area contributed by atoms with Crippen molar-refractivity contribution in [2.24, 2.45) is 0 Å². The van der Waals surface area contributed by atoms with Crippen LogP contribution in [0, 0.1) is 12.3 Å². The summed E-state index contributed by atoms with van der Waals surface area (Å²) in [4.78, 5) is 0. The van der Waals surface area contributed by atoms with Gasteiger partial charge in [-0.1, -0.05) is 25.7 Å². The summed E-state index contributed by atoms with van der Waals surface area (Å²) in [6.07, 6.45) is 6.05. The van der Waals surface area contributed by atoms with Gasteiger partial charge in [0.25, 0.3) is 0 Å². The Labute approximate surface area is 101 Å². The van der Waals surface area contributed by atoms with Crippen molar-refractivity contribution in [3.63, 3.8) is 0 Å². The first-order valence-electron chi connectivity index (χ1n) is 3.60. The Morgan fingerprint density at radius 2 is 2.15 bits per heavy atom. The smallest absolute Gasteiger partial charge is 0.725 e. The van der Waals surface area contributed by atoms with E-state index in [0.717, 1.165) is 12.8 Å². The number of hydrogen-bond donors (Lipinski definition) is 0. The molecule has 0 aromatic heterocycles. The van der Waals surface area contributed by atoms with Crippen LogP contribution >= 0.6 is 0 Å².